The average Bonchev–Trinajstić information content (AvgIpc) is 2.96. The van der Waals surface area contributed by atoms with Crippen LogP contribution in [0.4, 0.5) is 0 Å². The monoisotopic (exact) mass is 345 g/mol. The smallest absolute Gasteiger partial charge is 0.230 e. The number of carbonyl (C=O) groups excluding carboxylic acids is 1. The number of aromatic nitrogens is 2. The molecule has 1 aromatic carbocycles. The van der Waals surface area contributed by atoms with E-state index >= 15 is 0 Å². The van der Waals surface area contributed by atoms with Crippen molar-refractivity contribution in [3.8, 4) is 0 Å². The van der Waals surface area contributed by atoms with E-state index in [0.29, 0.717) is 23.7 Å². The fourth-order valence-electron chi connectivity index (χ4n) is 3.53. The molecule has 0 unspecified atom stereocenters. The zero-order chi connectivity index (χ0) is 16.5. The predicted molar refractivity (Wildman–Crippen MR) is 90.0 cm³/mol. The van der Waals surface area contributed by atoms with E-state index in [-0.39, 0.29) is 18.2 Å². The number of nitrogens with zero attached hydrogens (tertiary/aromatic N) is 2. The summed E-state index contributed by atoms with van der Waals surface area (Å²) < 4.78 is 5.37. The fraction of sp³-hybridized carbons (Fsp3) is 0.500. The molecule has 1 amide bonds. The Bertz CT molecular complexity index is 722. The molecule has 126 valence electrons. The van der Waals surface area contributed by atoms with Crippen molar-refractivity contribution >= 4 is 17.5 Å². The summed E-state index contributed by atoms with van der Waals surface area (Å²) in [5, 5.41) is 7.75. The highest BCUT2D eigenvalue weighted by Gasteiger charge is 2.43. The summed E-state index contributed by atoms with van der Waals surface area (Å²) in [6.07, 6.45) is 5.74. The van der Waals surface area contributed by atoms with Crippen LogP contribution in [0, 0.1) is 0 Å². The Hall–Kier alpha value is -1.88. The van der Waals surface area contributed by atoms with E-state index in [4.69, 9.17) is 16.1 Å². The van der Waals surface area contributed by atoms with Gasteiger partial charge in [-0.1, -0.05) is 41.7 Å². The molecule has 5 nitrogen and oxygen atoms in total. The van der Waals surface area contributed by atoms with Gasteiger partial charge in [-0.3, -0.25) is 4.79 Å². The normalized spacial score (nSPS) is 23.4. The second-order valence-electron chi connectivity index (χ2n) is 6.77. The summed E-state index contributed by atoms with van der Waals surface area (Å²) in [4.78, 5) is 16.5. The number of carbonyl (C=O) groups is 1. The molecule has 6 heteroatoms. The molecule has 1 N–H and O–H groups in total. The van der Waals surface area contributed by atoms with Crippen molar-refractivity contribution in [2.75, 3.05) is 0 Å². The maximum atomic E-state index is 12.0. The van der Waals surface area contributed by atoms with Crippen molar-refractivity contribution in [1.82, 2.24) is 15.5 Å². The SMILES string of the molecule is O=C(Cc1noc([C@@H]2C[C@H]2c2ccc(Cl)cc2)n1)NC1CCCC1. The molecule has 2 saturated carbocycles. The van der Waals surface area contributed by atoms with Crippen molar-refractivity contribution < 1.29 is 9.32 Å². The van der Waals surface area contributed by atoms with E-state index in [1.165, 1.54) is 18.4 Å². The minimum absolute atomic E-state index is 0.0145. The molecule has 0 aliphatic heterocycles. The Kier molecular flexibility index (Phi) is 4.27. The van der Waals surface area contributed by atoms with Crippen LogP contribution in [0.5, 0.6) is 0 Å². The molecule has 2 aliphatic carbocycles. The predicted octanol–water partition coefficient (Wildman–Crippen LogP) is 3.60. The van der Waals surface area contributed by atoms with Gasteiger partial charge < -0.3 is 9.84 Å². The minimum atomic E-state index is -0.0145. The van der Waals surface area contributed by atoms with E-state index in [0.717, 1.165) is 24.3 Å². The third-order valence-electron chi connectivity index (χ3n) is 4.93. The van der Waals surface area contributed by atoms with Crippen LogP contribution in [-0.4, -0.2) is 22.1 Å². The molecule has 2 aromatic rings. The summed E-state index contributed by atoms with van der Waals surface area (Å²) in [5.74, 6) is 1.76. The van der Waals surface area contributed by atoms with Gasteiger partial charge in [0, 0.05) is 17.0 Å². The Morgan fingerprint density at radius 2 is 1.96 bits per heavy atom. The molecule has 0 bridgehead atoms. The van der Waals surface area contributed by atoms with Crippen molar-refractivity contribution in [1.29, 1.82) is 0 Å². The van der Waals surface area contributed by atoms with Gasteiger partial charge in [0.15, 0.2) is 5.82 Å². The zero-order valence-corrected chi connectivity index (χ0v) is 14.1. The Labute approximate surface area is 145 Å². The lowest BCUT2D eigenvalue weighted by Crippen LogP contribution is -2.33. The molecular weight excluding hydrogens is 326 g/mol. The van der Waals surface area contributed by atoms with Crippen LogP contribution < -0.4 is 5.32 Å². The second-order valence-corrected chi connectivity index (χ2v) is 7.21. The number of hydrogen-bond acceptors (Lipinski definition) is 4. The van der Waals surface area contributed by atoms with E-state index in [1.54, 1.807) is 0 Å². The van der Waals surface area contributed by atoms with Crippen LogP contribution >= 0.6 is 11.6 Å². The van der Waals surface area contributed by atoms with E-state index in [2.05, 4.69) is 15.5 Å². The van der Waals surface area contributed by atoms with Crippen LogP contribution in [-0.2, 0) is 11.2 Å². The molecule has 0 saturated heterocycles. The van der Waals surface area contributed by atoms with Gasteiger partial charge in [0.2, 0.25) is 11.8 Å². The minimum Gasteiger partial charge on any atom is -0.353 e. The van der Waals surface area contributed by atoms with E-state index < -0.39 is 0 Å². The van der Waals surface area contributed by atoms with Gasteiger partial charge in [0.05, 0.1) is 6.42 Å². The Morgan fingerprint density at radius 3 is 2.71 bits per heavy atom. The summed E-state index contributed by atoms with van der Waals surface area (Å²) in [7, 11) is 0. The second kappa shape index (κ2) is 6.55. The van der Waals surface area contributed by atoms with Crippen molar-refractivity contribution in [2.45, 2.75) is 56.4 Å². The Morgan fingerprint density at radius 1 is 1.21 bits per heavy atom. The standard InChI is InChI=1S/C18H20ClN3O2/c19-12-7-5-11(6-8-12)14-9-15(14)18-21-16(22-24-18)10-17(23)20-13-3-1-2-4-13/h5-8,13-15H,1-4,9-10H2,(H,20,23)/t14-,15+/m0/s1. The van der Waals surface area contributed by atoms with Gasteiger partial charge in [0.25, 0.3) is 0 Å². The molecule has 2 fully saturated rings. The van der Waals surface area contributed by atoms with Crippen LogP contribution in [0.25, 0.3) is 0 Å². The van der Waals surface area contributed by atoms with E-state index in [9.17, 15) is 4.79 Å². The molecule has 0 radical (unpaired) electrons. The third kappa shape index (κ3) is 3.46. The highest BCUT2D eigenvalue weighted by molar-refractivity contribution is 6.30. The van der Waals surface area contributed by atoms with Gasteiger partial charge in [-0.05, 0) is 42.9 Å². The molecule has 1 aromatic heterocycles. The molecule has 0 spiro atoms. The first-order valence-electron chi connectivity index (χ1n) is 8.56. The number of halogens is 1. The maximum Gasteiger partial charge on any atom is 0.230 e. The molecule has 24 heavy (non-hydrogen) atoms. The number of amides is 1. The van der Waals surface area contributed by atoms with Gasteiger partial charge in [0.1, 0.15) is 0 Å². The molecule has 2 atom stereocenters. The lowest BCUT2D eigenvalue weighted by Gasteiger charge is -2.10. The van der Waals surface area contributed by atoms with Crippen LogP contribution in [0.3, 0.4) is 0 Å². The maximum absolute atomic E-state index is 12.0. The number of benzene rings is 1. The van der Waals surface area contributed by atoms with Crippen LogP contribution in [0.15, 0.2) is 28.8 Å². The summed E-state index contributed by atoms with van der Waals surface area (Å²) in [5.41, 5.74) is 1.24. The molecule has 2 aliphatic rings. The van der Waals surface area contributed by atoms with E-state index in [1.807, 2.05) is 24.3 Å². The lowest BCUT2D eigenvalue weighted by molar-refractivity contribution is -0.121. The molecular formula is C18H20ClN3O2. The fourth-order valence-corrected chi connectivity index (χ4v) is 3.65. The van der Waals surface area contributed by atoms with Gasteiger partial charge >= 0.3 is 0 Å². The van der Waals surface area contributed by atoms with Crippen molar-refractivity contribution in [3.05, 3.63) is 46.6 Å². The highest BCUT2D eigenvalue weighted by atomic mass is 35.5. The first-order valence-corrected chi connectivity index (χ1v) is 8.94. The highest BCUT2D eigenvalue weighted by Crippen LogP contribution is 2.54. The number of rotatable bonds is 5. The molecule has 4 rings (SSSR count). The lowest BCUT2D eigenvalue weighted by atomic mass is 10.1. The van der Waals surface area contributed by atoms with Crippen LogP contribution in [0.2, 0.25) is 5.02 Å². The quantitative estimate of drug-likeness (QED) is 0.899. The summed E-state index contributed by atoms with van der Waals surface area (Å²) in [6, 6.07) is 8.21. The van der Waals surface area contributed by atoms with Crippen LogP contribution in [0.1, 0.15) is 61.2 Å². The van der Waals surface area contributed by atoms with Gasteiger partial charge in [-0.25, -0.2) is 0 Å². The average molecular weight is 346 g/mol. The first-order chi connectivity index (χ1) is 11.7. The first kappa shape index (κ1) is 15.6. The number of nitrogens with one attached hydrogen (secondary N) is 1. The topological polar surface area (TPSA) is 68.0 Å². The summed E-state index contributed by atoms with van der Waals surface area (Å²) >= 11 is 5.92. The van der Waals surface area contributed by atoms with Gasteiger partial charge in [-0.15, -0.1) is 0 Å². The Balaban J connectivity index is 1.33. The molecule has 1 heterocycles. The third-order valence-corrected chi connectivity index (χ3v) is 5.18. The number of hydrogen-bond donors (Lipinski definition) is 1. The largest absolute Gasteiger partial charge is 0.353 e. The van der Waals surface area contributed by atoms with Gasteiger partial charge in [-0.2, -0.15) is 4.98 Å². The summed E-state index contributed by atoms with van der Waals surface area (Å²) in [6.45, 7) is 0. The van der Waals surface area contributed by atoms with Crippen molar-refractivity contribution in [2.24, 2.45) is 0 Å². The van der Waals surface area contributed by atoms with Crippen molar-refractivity contribution in [3.63, 3.8) is 0 Å². The zero-order valence-electron chi connectivity index (χ0n) is 13.4.